The van der Waals surface area contributed by atoms with E-state index in [1.165, 1.54) is 29.2 Å². The molecule has 1 aromatic carbocycles. The number of rotatable bonds is 9. The predicted octanol–water partition coefficient (Wildman–Crippen LogP) is 1.42. The van der Waals surface area contributed by atoms with Crippen LogP contribution in [0.3, 0.4) is 0 Å². The van der Waals surface area contributed by atoms with E-state index < -0.39 is 16.0 Å². The van der Waals surface area contributed by atoms with Crippen molar-refractivity contribution in [3.63, 3.8) is 0 Å². The fraction of sp³-hybridized carbons (Fsp3) is 0.467. The Labute approximate surface area is 147 Å². The van der Waals surface area contributed by atoms with Gasteiger partial charge in [0.05, 0.1) is 11.3 Å². The summed E-state index contributed by atoms with van der Waals surface area (Å²) in [7, 11) is -3.72. The highest BCUT2D eigenvalue weighted by atomic mass is 35.5. The summed E-state index contributed by atoms with van der Waals surface area (Å²) in [6, 6.07) is 5.66. The van der Waals surface area contributed by atoms with E-state index >= 15 is 0 Å². The van der Waals surface area contributed by atoms with Gasteiger partial charge in [-0.05, 0) is 38.1 Å². The van der Waals surface area contributed by atoms with E-state index in [2.05, 4.69) is 4.72 Å². The summed E-state index contributed by atoms with van der Waals surface area (Å²) < 4.78 is 31.1. The number of hydrogen-bond acceptors (Lipinski definition) is 5. The number of nitrogens with one attached hydrogen (secondary N) is 1. The molecule has 0 saturated heterocycles. The highest BCUT2D eigenvalue weighted by molar-refractivity contribution is 7.89. The number of sulfonamides is 1. The van der Waals surface area contributed by atoms with Gasteiger partial charge in [-0.3, -0.25) is 9.59 Å². The van der Waals surface area contributed by atoms with Gasteiger partial charge in [0.1, 0.15) is 0 Å². The van der Waals surface area contributed by atoms with Crippen LogP contribution in [0.4, 0.5) is 0 Å². The van der Waals surface area contributed by atoms with Gasteiger partial charge >= 0.3 is 5.97 Å². The Hall–Kier alpha value is -1.64. The number of carbonyl (C=O) groups excluding carboxylic acids is 2. The van der Waals surface area contributed by atoms with Crippen molar-refractivity contribution in [2.45, 2.75) is 25.2 Å². The fourth-order valence-electron chi connectivity index (χ4n) is 1.87. The standard InChI is InChI=1S/C15H21ClN2O5S/c1-3-18(4-2)14(19)11-23-15(20)9-10-17-24(21,22)13-7-5-12(16)6-8-13/h5-8,17H,3-4,9-11H2,1-2H3. The Morgan fingerprint density at radius 1 is 1.17 bits per heavy atom. The first-order valence-corrected chi connectivity index (χ1v) is 9.35. The molecule has 0 saturated carbocycles. The summed E-state index contributed by atoms with van der Waals surface area (Å²) in [6.45, 7) is 4.26. The summed E-state index contributed by atoms with van der Waals surface area (Å²) in [6.07, 6.45) is -0.168. The van der Waals surface area contributed by atoms with Crippen LogP contribution in [0.25, 0.3) is 0 Å². The second-order valence-electron chi connectivity index (χ2n) is 4.83. The summed E-state index contributed by atoms with van der Waals surface area (Å²) in [5.74, 6) is -0.926. The smallest absolute Gasteiger partial charge is 0.307 e. The molecule has 0 radical (unpaired) electrons. The molecule has 0 aliphatic rings. The highest BCUT2D eigenvalue weighted by Crippen LogP contribution is 2.13. The van der Waals surface area contributed by atoms with Crippen molar-refractivity contribution in [2.75, 3.05) is 26.2 Å². The first kappa shape index (κ1) is 20.4. The van der Waals surface area contributed by atoms with E-state index in [-0.39, 0.29) is 30.4 Å². The van der Waals surface area contributed by atoms with Gasteiger partial charge < -0.3 is 9.64 Å². The van der Waals surface area contributed by atoms with Crippen molar-refractivity contribution in [1.29, 1.82) is 0 Å². The molecule has 0 unspecified atom stereocenters. The molecule has 134 valence electrons. The molecule has 7 nitrogen and oxygen atoms in total. The van der Waals surface area contributed by atoms with Crippen LogP contribution in [0, 0.1) is 0 Å². The summed E-state index contributed by atoms with van der Waals surface area (Å²) in [5.41, 5.74) is 0. The van der Waals surface area contributed by atoms with Crippen LogP contribution >= 0.6 is 11.6 Å². The maximum atomic E-state index is 12.0. The Morgan fingerprint density at radius 2 is 1.75 bits per heavy atom. The quantitative estimate of drug-likeness (QED) is 0.658. The van der Waals surface area contributed by atoms with Crippen LogP contribution in [0.2, 0.25) is 5.02 Å². The minimum atomic E-state index is -3.72. The molecule has 0 atom stereocenters. The molecule has 0 spiro atoms. The van der Waals surface area contributed by atoms with Gasteiger partial charge in [0, 0.05) is 24.7 Å². The lowest BCUT2D eigenvalue weighted by Gasteiger charge is -2.18. The topological polar surface area (TPSA) is 92.8 Å². The molecule has 1 N–H and O–H groups in total. The molecular formula is C15H21ClN2O5S. The number of ether oxygens (including phenoxy) is 1. The summed E-state index contributed by atoms with van der Waals surface area (Å²) in [4.78, 5) is 24.8. The van der Waals surface area contributed by atoms with Gasteiger partial charge in [-0.25, -0.2) is 13.1 Å². The Morgan fingerprint density at radius 3 is 2.29 bits per heavy atom. The zero-order chi connectivity index (χ0) is 18.2. The van der Waals surface area contributed by atoms with Crippen molar-refractivity contribution < 1.29 is 22.7 Å². The van der Waals surface area contributed by atoms with E-state index in [9.17, 15) is 18.0 Å². The minimum Gasteiger partial charge on any atom is -0.456 e. The number of halogens is 1. The normalized spacial score (nSPS) is 11.1. The van der Waals surface area contributed by atoms with E-state index in [0.717, 1.165) is 0 Å². The van der Waals surface area contributed by atoms with Crippen LogP contribution in [0.5, 0.6) is 0 Å². The number of nitrogens with zero attached hydrogens (tertiary/aromatic N) is 1. The molecule has 0 aliphatic carbocycles. The fourth-order valence-corrected chi connectivity index (χ4v) is 3.02. The molecule has 0 fully saturated rings. The minimum absolute atomic E-state index is 0.0528. The Bertz CT molecular complexity index is 657. The van der Waals surface area contributed by atoms with Crippen LogP contribution < -0.4 is 4.72 Å². The molecule has 0 aromatic heterocycles. The molecule has 1 rings (SSSR count). The van der Waals surface area contributed by atoms with Gasteiger partial charge in [-0.1, -0.05) is 11.6 Å². The van der Waals surface area contributed by atoms with E-state index in [0.29, 0.717) is 18.1 Å². The molecule has 24 heavy (non-hydrogen) atoms. The number of hydrogen-bond donors (Lipinski definition) is 1. The van der Waals surface area contributed by atoms with Crippen molar-refractivity contribution in [1.82, 2.24) is 9.62 Å². The molecule has 1 amide bonds. The molecule has 9 heteroatoms. The average Bonchev–Trinajstić information content (AvgIpc) is 2.54. The third kappa shape index (κ3) is 6.46. The lowest BCUT2D eigenvalue weighted by Crippen LogP contribution is -2.34. The largest absolute Gasteiger partial charge is 0.456 e. The third-order valence-corrected chi connectivity index (χ3v) is 4.95. The SMILES string of the molecule is CCN(CC)C(=O)COC(=O)CCNS(=O)(=O)c1ccc(Cl)cc1. The van der Waals surface area contributed by atoms with Crippen LogP contribution in [0.1, 0.15) is 20.3 Å². The van der Waals surface area contributed by atoms with Crippen molar-refractivity contribution in [3.05, 3.63) is 29.3 Å². The maximum Gasteiger partial charge on any atom is 0.307 e. The second-order valence-corrected chi connectivity index (χ2v) is 7.03. The number of carbonyl (C=O) groups is 2. The highest BCUT2D eigenvalue weighted by Gasteiger charge is 2.16. The van der Waals surface area contributed by atoms with Crippen LogP contribution in [-0.4, -0.2) is 51.4 Å². The van der Waals surface area contributed by atoms with Crippen molar-refractivity contribution >= 4 is 33.5 Å². The van der Waals surface area contributed by atoms with Crippen LogP contribution in [-0.2, 0) is 24.3 Å². The van der Waals surface area contributed by atoms with Crippen molar-refractivity contribution in [3.8, 4) is 0 Å². The van der Waals surface area contributed by atoms with E-state index in [1.807, 2.05) is 13.8 Å². The zero-order valence-electron chi connectivity index (χ0n) is 13.6. The summed E-state index contributed by atoms with van der Waals surface area (Å²) >= 11 is 5.70. The van der Waals surface area contributed by atoms with Gasteiger partial charge in [-0.15, -0.1) is 0 Å². The lowest BCUT2D eigenvalue weighted by molar-refractivity contribution is -0.151. The molecule has 1 aromatic rings. The lowest BCUT2D eigenvalue weighted by atomic mass is 10.4. The molecule has 0 aliphatic heterocycles. The number of esters is 1. The second kappa shape index (κ2) is 9.61. The first-order chi connectivity index (χ1) is 11.3. The number of likely N-dealkylation sites (N-methyl/N-ethyl adjacent to an activating group) is 1. The maximum absolute atomic E-state index is 12.0. The number of amides is 1. The molecular weight excluding hydrogens is 356 g/mol. The average molecular weight is 377 g/mol. The monoisotopic (exact) mass is 376 g/mol. The first-order valence-electron chi connectivity index (χ1n) is 7.48. The number of benzene rings is 1. The van der Waals surface area contributed by atoms with Gasteiger partial charge in [0.2, 0.25) is 10.0 Å². The Kier molecular flexibility index (Phi) is 8.17. The molecule has 0 bridgehead atoms. The van der Waals surface area contributed by atoms with Gasteiger partial charge in [0.25, 0.3) is 5.91 Å². The van der Waals surface area contributed by atoms with E-state index in [4.69, 9.17) is 16.3 Å². The van der Waals surface area contributed by atoms with Gasteiger partial charge in [0.15, 0.2) is 6.61 Å². The van der Waals surface area contributed by atoms with E-state index in [1.54, 1.807) is 0 Å². The summed E-state index contributed by atoms with van der Waals surface area (Å²) in [5, 5.41) is 0.426. The zero-order valence-corrected chi connectivity index (χ0v) is 15.2. The van der Waals surface area contributed by atoms with Gasteiger partial charge in [-0.2, -0.15) is 0 Å². The van der Waals surface area contributed by atoms with Crippen molar-refractivity contribution in [2.24, 2.45) is 0 Å². The Balaban J connectivity index is 2.40. The third-order valence-electron chi connectivity index (χ3n) is 3.22. The molecule has 0 heterocycles. The van der Waals surface area contributed by atoms with Crippen LogP contribution in [0.15, 0.2) is 29.2 Å². The predicted molar refractivity (Wildman–Crippen MR) is 90.1 cm³/mol.